The number of nitrogens with one attached hydrogen (secondary N) is 1. The number of hydrogen-bond acceptors (Lipinski definition) is 4. The zero-order valence-corrected chi connectivity index (χ0v) is 15.2. The van der Waals surface area contributed by atoms with Crippen LogP contribution in [0.25, 0.3) is 0 Å². The average molecular weight is 367 g/mol. The van der Waals surface area contributed by atoms with Crippen molar-refractivity contribution in [3.05, 3.63) is 0 Å². The summed E-state index contributed by atoms with van der Waals surface area (Å²) in [4.78, 5) is 39.9. The van der Waals surface area contributed by atoms with Crippen LogP contribution < -0.4 is 5.32 Å². The predicted molar refractivity (Wildman–Crippen MR) is 93.6 cm³/mol. The molecule has 2 heterocycles. The largest absolute Gasteiger partial charge is 0.481 e. The molecule has 8 nitrogen and oxygen atoms in total. The van der Waals surface area contributed by atoms with Crippen molar-refractivity contribution in [1.29, 1.82) is 0 Å². The number of morpholine rings is 1. The van der Waals surface area contributed by atoms with Gasteiger partial charge >= 0.3 is 12.0 Å². The molecule has 0 spiro atoms. The van der Waals surface area contributed by atoms with Gasteiger partial charge in [-0.1, -0.05) is 0 Å². The van der Waals surface area contributed by atoms with Crippen LogP contribution in [0.1, 0.15) is 38.5 Å². The van der Waals surface area contributed by atoms with Crippen molar-refractivity contribution < 1.29 is 24.2 Å². The van der Waals surface area contributed by atoms with Crippen LogP contribution in [0.3, 0.4) is 0 Å². The lowest BCUT2D eigenvalue weighted by atomic mass is 9.86. The lowest BCUT2D eigenvalue weighted by Gasteiger charge is -2.37. The lowest BCUT2D eigenvalue weighted by molar-refractivity contribution is -0.143. The molecule has 3 rings (SSSR count). The van der Waals surface area contributed by atoms with Gasteiger partial charge in [0.25, 0.3) is 0 Å². The number of piperidine rings is 1. The fourth-order valence-electron chi connectivity index (χ4n) is 4.16. The number of urea groups is 1. The standard InChI is InChI=1S/C18H29N3O5/c22-16(20-8-10-26-11-9-20)14-2-1-7-21(12-14)18(25)19-15-5-3-13(4-6-15)17(23)24/h13-15H,1-12H2,(H,19,25)(H,23,24). The maximum Gasteiger partial charge on any atom is 0.317 e. The first-order valence-corrected chi connectivity index (χ1v) is 9.69. The minimum atomic E-state index is -0.740. The molecule has 26 heavy (non-hydrogen) atoms. The second kappa shape index (κ2) is 8.70. The van der Waals surface area contributed by atoms with E-state index in [0.29, 0.717) is 65.1 Å². The Labute approximate surface area is 153 Å². The Kier molecular flexibility index (Phi) is 6.34. The smallest absolute Gasteiger partial charge is 0.317 e. The van der Waals surface area contributed by atoms with Gasteiger partial charge in [-0.15, -0.1) is 0 Å². The molecule has 8 heteroatoms. The first-order chi connectivity index (χ1) is 12.5. The van der Waals surface area contributed by atoms with Gasteiger partial charge in [0.2, 0.25) is 5.91 Å². The van der Waals surface area contributed by atoms with Crippen molar-refractivity contribution in [1.82, 2.24) is 15.1 Å². The summed E-state index contributed by atoms with van der Waals surface area (Å²) in [6.07, 6.45) is 4.28. The number of carbonyl (C=O) groups excluding carboxylic acids is 2. The molecular weight excluding hydrogens is 338 g/mol. The molecule has 0 aromatic rings. The van der Waals surface area contributed by atoms with Crippen LogP contribution in [-0.4, -0.2) is 78.2 Å². The number of hydrogen-bond donors (Lipinski definition) is 2. The quantitative estimate of drug-likeness (QED) is 0.772. The monoisotopic (exact) mass is 367 g/mol. The molecule has 2 N–H and O–H groups in total. The molecule has 3 fully saturated rings. The van der Waals surface area contributed by atoms with E-state index in [1.807, 2.05) is 4.90 Å². The highest BCUT2D eigenvalue weighted by molar-refractivity contribution is 5.81. The highest BCUT2D eigenvalue weighted by atomic mass is 16.5. The fourth-order valence-corrected chi connectivity index (χ4v) is 4.16. The van der Waals surface area contributed by atoms with Crippen molar-refractivity contribution in [2.45, 2.75) is 44.6 Å². The Hall–Kier alpha value is -1.83. The van der Waals surface area contributed by atoms with E-state index >= 15 is 0 Å². The summed E-state index contributed by atoms with van der Waals surface area (Å²) < 4.78 is 5.30. The molecule has 1 saturated carbocycles. The minimum absolute atomic E-state index is 0.0356. The van der Waals surface area contributed by atoms with Crippen LogP contribution >= 0.6 is 0 Å². The lowest BCUT2D eigenvalue weighted by Crippen LogP contribution is -2.53. The summed E-state index contributed by atoms with van der Waals surface area (Å²) in [5.74, 6) is -1.02. The third-order valence-electron chi connectivity index (χ3n) is 5.78. The van der Waals surface area contributed by atoms with Crippen LogP contribution in [0.4, 0.5) is 4.79 Å². The topological polar surface area (TPSA) is 99.2 Å². The molecule has 0 aromatic carbocycles. The van der Waals surface area contributed by atoms with Gasteiger partial charge in [0.05, 0.1) is 25.0 Å². The van der Waals surface area contributed by atoms with Gasteiger partial charge in [-0.2, -0.15) is 0 Å². The zero-order chi connectivity index (χ0) is 18.5. The molecule has 1 aliphatic carbocycles. The highest BCUT2D eigenvalue weighted by Crippen LogP contribution is 2.25. The van der Waals surface area contributed by atoms with Gasteiger partial charge in [0.1, 0.15) is 0 Å². The molecular formula is C18H29N3O5. The molecule has 0 aromatic heterocycles. The molecule has 1 unspecified atom stereocenters. The van der Waals surface area contributed by atoms with Crippen molar-refractivity contribution in [3.63, 3.8) is 0 Å². The molecule has 3 aliphatic rings. The number of aliphatic carboxylic acids is 1. The summed E-state index contributed by atoms with van der Waals surface area (Å²) in [6.45, 7) is 3.57. The van der Waals surface area contributed by atoms with Crippen LogP contribution in [0.2, 0.25) is 0 Å². The third-order valence-corrected chi connectivity index (χ3v) is 5.78. The summed E-state index contributed by atoms with van der Waals surface area (Å²) in [7, 11) is 0. The van der Waals surface area contributed by atoms with E-state index in [9.17, 15) is 14.4 Å². The number of carbonyl (C=O) groups is 3. The van der Waals surface area contributed by atoms with E-state index in [0.717, 1.165) is 12.8 Å². The van der Waals surface area contributed by atoms with Crippen LogP contribution in [-0.2, 0) is 14.3 Å². The molecule has 3 amide bonds. The number of likely N-dealkylation sites (tertiary alicyclic amines) is 1. The number of ether oxygens (including phenoxy) is 1. The second-order valence-electron chi connectivity index (χ2n) is 7.56. The normalized spacial score (nSPS) is 29.9. The van der Waals surface area contributed by atoms with E-state index in [4.69, 9.17) is 9.84 Å². The van der Waals surface area contributed by atoms with Crippen molar-refractivity contribution in [2.75, 3.05) is 39.4 Å². The van der Waals surface area contributed by atoms with Gasteiger partial charge in [-0.3, -0.25) is 9.59 Å². The van der Waals surface area contributed by atoms with Gasteiger partial charge in [-0.25, -0.2) is 4.79 Å². The summed E-state index contributed by atoms with van der Waals surface area (Å²) in [5.41, 5.74) is 0. The maximum absolute atomic E-state index is 12.7. The summed E-state index contributed by atoms with van der Waals surface area (Å²) >= 11 is 0. The van der Waals surface area contributed by atoms with Gasteiger partial charge in [-0.05, 0) is 38.5 Å². The maximum atomic E-state index is 12.7. The molecule has 0 radical (unpaired) electrons. The highest BCUT2D eigenvalue weighted by Gasteiger charge is 2.33. The van der Waals surface area contributed by atoms with E-state index in [1.165, 1.54) is 0 Å². The van der Waals surface area contributed by atoms with Crippen molar-refractivity contribution >= 4 is 17.9 Å². The van der Waals surface area contributed by atoms with E-state index in [-0.39, 0.29) is 29.8 Å². The van der Waals surface area contributed by atoms with E-state index in [1.54, 1.807) is 4.90 Å². The van der Waals surface area contributed by atoms with E-state index < -0.39 is 5.97 Å². The van der Waals surface area contributed by atoms with Crippen LogP contribution in [0.5, 0.6) is 0 Å². The zero-order valence-electron chi connectivity index (χ0n) is 15.2. The fraction of sp³-hybridized carbons (Fsp3) is 0.833. The van der Waals surface area contributed by atoms with Gasteiger partial charge in [0.15, 0.2) is 0 Å². The first-order valence-electron chi connectivity index (χ1n) is 9.69. The second-order valence-corrected chi connectivity index (χ2v) is 7.56. The van der Waals surface area contributed by atoms with Crippen molar-refractivity contribution in [2.24, 2.45) is 11.8 Å². The van der Waals surface area contributed by atoms with Crippen LogP contribution in [0.15, 0.2) is 0 Å². The predicted octanol–water partition coefficient (Wildman–Crippen LogP) is 0.910. The molecule has 1 atom stereocenters. The Morgan fingerprint density at radius 1 is 0.885 bits per heavy atom. The number of amides is 3. The minimum Gasteiger partial charge on any atom is -0.481 e. The first kappa shape index (κ1) is 18.9. The molecule has 0 bridgehead atoms. The van der Waals surface area contributed by atoms with Crippen LogP contribution in [0, 0.1) is 11.8 Å². The van der Waals surface area contributed by atoms with E-state index in [2.05, 4.69) is 5.32 Å². The van der Waals surface area contributed by atoms with Crippen molar-refractivity contribution in [3.8, 4) is 0 Å². The molecule has 2 aliphatic heterocycles. The van der Waals surface area contributed by atoms with Gasteiger partial charge < -0.3 is 25.0 Å². The number of carboxylic acids is 1. The Balaban J connectivity index is 1.47. The third kappa shape index (κ3) is 4.66. The number of rotatable bonds is 3. The van der Waals surface area contributed by atoms with Gasteiger partial charge in [0, 0.05) is 32.2 Å². The Morgan fingerprint density at radius 2 is 1.58 bits per heavy atom. The molecule has 2 saturated heterocycles. The number of carboxylic acid groups (broad SMARTS) is 1. The average Bonchev–Trinajstić information content (AvgIpc) is 2.68. The Bertz CT molecular complexity index is 527. The SMILES string of the molecule is O=C(O)C1CCC(NC(=O)N2CCCC(C(=O)N3CCOCC3)C2)CC1. The Morgan fingerprint density at radius 3 is 2.23 bits per heavy atom. The molecule has 146 valence electrons. The summed E-state index contributed by atoms with van der Waals surface area (Å²) in [5, 5.41) is 12.1. The summed E-state index contributed by atoms with van der Waals surface area (Å²) in [6, 6.07) is -0.0864. The number of nitrogens with zero attached hydrogens (tertiary/aromatic N) is 2.